The number of halogens is 5. The van der Waals surface area contributed by atoms with Crippen molar-refractivity contribution in [3.05, 3.63) is 81.2 Å². The monoisotopic (exact) mass is 520 g/mol. The van der Waals surface area contributed by atoms with Crippen molar-refractivity contribution in [3.63, 3.8) is 0 Å². The van der Waals surface area contributed by atoms with Gasteiger partial charge in [-0.25, -0.2) is 13.2 Å². The third-order valence-corrected chi connectivity index (χ3v) is 6.25. The van der Waals surface area contributed by atoms with Crippen molar-refractivity contribution in [2.75, 3.05) is 7.11 Å². The lowest BCUT2D eigenvalue weighted by Crippen LogP contribution is -2.33. The second-order valence-electron chi connectivity index (χ2n) is 9.46. The number of methoxy groups -OCH3 is 1. The number of ketones is 1. The molecular formula is C26H21F5N2O4. The Labute approximate surface area is 208 Å². The number of carbonyl (C=O) groups is 1. The standard InChI is InChI=1S/C26H21F5N2O4/c1-26(2)7-14(34)18-16(8-26)37-25(33)13(9-32)17(18)11-4-5-15(35-3)12(6-11)10-36-24-22(30)20(28)19(27)21(29)23(24)31/h4-6,17H,7-8,10,33H2,1-3H3/t17-/m0/s1. The minimum Gasteiger partial charge on any atom is -0.496 e. The highest BCUT2D eigenvalue weighted by Gasteiger charge is 2.43. The predicted octanol–water partition coefficient (Wildman–Crippen LogP) is 5.42. The Morgan fingerprint density at radius 3 is 2.30 bits per heavy atom. The number of nitrogens with two attached hydrogens (primary N) is 1. The van der Waals surface area contributed by atoms with Gasteiger partial charge in [-0.05, 0) is 23.1 Å². The molecule has 4 rings (SSSR count). The normalized spacial score (nSPS) is 18.8. The van der Waals surface area contributed by atoms with E-state index in [2.05, 4.69) is 0 Å². The number of nitriles is 1. The minimum absolute atomic E-state index is 0.0105. The molecule has 11 heteroatoms. The largest absolute Gasteiger partial charge is 0.496 e. The minimum atomic E-state index is -2.31. The zero-order chi connectivity index (χ0) is 27.2. The van der Waals surface area contributed by atoms with Crippen molar-refractivity contribution < 1.29 is 41.0 Å². The zero-order valence-corrected chi connectivity index (χ0v) is 20.0. The maximum Gasteiger partial charge on any atom is 0.207 e. The van der Waals surface area contributed by atoms with Gasteiger partial charge >= 0.3 is 0 Å². The van der Waals surface area contributed by atoms with Gasteiger partial charge in [0.05, 0.1) is 13.0 Å². The first-order chi connectivity index (χ1) is 17.4. The molecule has 6 nitrogen and oxygen atoms in total. The number of carbonyl (C=O) groups excluding carboxylic acids is 1. The van der Waals surface area contributed by atoms with Crippen molar-refractivity contribution in [1.82, 2.24) is 0 Å². The molecule has 0 unspecified atom stereocenters. The van der Waals surface area contributed by atoms with Crippen LogP contribution in [0, 0.1) is 45.8 Å². The third-order valence-electron chi connectivity index (χ3n) is 6.25. The van der Waals surface area contributed by atoms with Crippen LogP contribution >= 0.6 is 0 Å². The smallest absolute Gasteiger partial charge is 0.207 e. The highest BCUT2D eigenvalue weighted by molar-refractivity contribution is 6.00. The summed E-state index contributed by atoms with van der Waals surface area (Å²) in [4.78, 5) is 13.1. The van der Waals surface area contributed by atoms with Crippen LogP contribution < -0.4 is 15.2 Å². The van der Waals surface area contributed by atoms with Crippen LogP contribution in [0.25, 0.3) is 0 Å². The molecule has 2 aliphatic rings. The van der Waals surface area contributed by atoms with Crippen LogP contribution in [-0.2, 0) is 16.1 Å². The maximum atomic E-state index is 14.1. The number of hydrogen-bond acceptors (Lipinski definition) is 6. The average molecular weight is 520 g/mol. The molecule has 0 saturated heterocycles. The van der Waals surface area contributed by atoms with Crippen LogP contribution in [-0.4, -0.2) is 12.9 Å². The van der Waals surface area contributed by atoms with Crippen LogP contribution in [0.15, 0.2) is 41.0 Å². The summed E-state index contributed by atoms with van der Waals surface area (Å²) in [6.07, 6.45) is 0.604. The molecule has 2 aromatic rings. The summed E-state index contributed by atoms with van der Waals surface area (Å²) in [5.41, 5.74) is 6.42. The van der Waals surface area contributed by atoms with Gasteiger partial charge in [0, 0.05) is 24.0 Å². The second-order valence-corrected chi connectivity index (χ2v) is 9.46. The number of allylic oxidation sites excluding steroid dienone is 3. The predicted molar refractivity (Wildman–Crippen MR) is 119 cm³/mol. The molecule has 1 heterocycles. The van der Waals surface area contributed by atoms with E-state index in [1.54, 1.807) is 6.07 Å². The molecule has 0 fully saturated rings. The Balaban J connectivity index is 1.78. The summed E-state index contributed by atoms with van der Waals surface area (Å²) in [5, 5.41) is 9.79. The van der Waals surface area contributed by atoms with E-state index in [1.807, 2.05) is 19.9 Å². The number of ether oxygens (including phenoxy) is 3. The SMILES string of the molecule is COc1ccc([C@H]2C(C#N)=C(N)OC3=C2C(=O)CC(C)(C)C3)cc1COc1c(F)c(F)c(F)c(F)c1F. The van der Waals surface area contributed by atoms with Gasteiger partial charge in [0.25, 0.3) is 0 Å². The van der Waals surface area contributed by atoms with E-state index >= 15 is 0 Å². The summed E-state index contributed by atoms with van der Waals surface area (Å²) in [7, 11) is 1.30. The fourth-order valence-corrected chi connectivity index (χ4v) is 4.57. The molecule has 1 aliphatic heterocycles. The molecule has 1 atom stereocenters. The van der Waals surface area contributed by atoms with E-state index in [0.29, 0.717) is 17.7 Å². The fourth-order valence-electron chi connectivity index (χ4n) is 4.57. The van der Waals surface area contributed by atoms with E-state index in [0.717, 1.165) is 0 Å². The quantitative estimate of drug-likeness (QED) is 0.322. The molecular weight excluding hydrogens is 499 g/mol. The highest BCUT2D eigenvalue weighted by atomic mass is 19.2. The maximum absolute atomic E-state index is 14.1. The van der Waals surface area contributed by atoms with Crippen LogP contribution in [0.5, 0.6) is 11.5 Å². The molecule has 194 valence electrons. The Morgan fingerprint density at radius 1 is 1.08 bits per heavy atom. The van der Waals surface area contributed by atoms with Crippen molar-refractivity contribution in [1.29, 1.82) is 5.26 Å². The zero-order valence-electron chi connectivity index (χ0n) is 20.0. The number of Topliss-reactive ketones (excluding diaryl/α,β-unsaturated/α-hetero) is 1. The van der Waals surface area contributed by atoms with E-state index in [1.165, 1.54) is 19.2 Å². The molecule has 2 N–H and O–H groups in total. The topological polar surface area (TPSA) is 94.6 Å². The lowest BCUT2D eigenvalue weighted by Gasteiger charge is -2.37. The average Bonchev–Trinajstić information content (AvgIpc) is 2.84. The Bertz CT molecular complexity index is 1400. The molecule has 37 heavy (non-hydrogen) atoms. The van der Waals surface area contributed by atoms with Crippen molar-refractivity contribution in [2.45, 2.75) is 39.2 Å². The van der Waals surface area contributed by atoms with Crippen molar-refractivity contribution in [3.8, 4) is 17.6 Å². The van der Waals surface area contributed by atoms with Gasteiger partial charge in [0.15, 0.2) is 11.5 Å². The number of benzene rings is 2. The van der Waals surface area contributed by atoms with Gasteiger partial charge in [-0.3, -0.25) is 4.79 Å². The summed E-state index contributed by atoms with van der Waals surface area (Å²) >= 11 is 0. The van der Waals surface area contributed by atoms with Crippen molar-refractivity contribution >= 4 is 5.78 Å². The molecule has 0 radical (unpaired) electrons. The molecule has 1 aliphatic carbocycles. The van der Waals surface area contributed by atoms with Crippen LogP contribution in [0.3, 0.4) is 0 Å². The van der Waals surface area contributed by atoms with Gasteiger partial charge in [0.2, 0.25) is 35.0 Å². The molecule has 0 amide bonds. The Morgan fingerprint density at radius 2 is 1.70 bits per heavy atom. The second kappa shape index (κ2) is 9.42. The lowest BCUT2D eigenvalue weighted by molar-refractivity contribution is -0.119. The Kier molecular flexibility index (Phi) is 6.62. The highest BCUT2D eigenvalue weighted by Crippen LogP contribution is 2.48. The van der Waals surface area contributed by atoms with Gasteiger partial charge < -0.3 is 19.9 Å². The van der Waals surface area contributed by atoms with Gasteiger partial charge in [-0.15, -0.1) is 0 Å². The number of rotatable bonds is 5. The van der Waals surface area contributed by atoms with E-state index in [9.17, 15) is 32.0 Å². The van der Waals surface area contributed by atoms with Crippen LogP contribution in [0.4, 0.5) is 22.0 Å². The summed E-state index contributed by atoms with van der Waals surface area (Å²) in [6, 6.07) is 6.46. The summed E-state index contributed by atoms with van der Waals surface area (Å²) in [5.74, 6) is -13.1. The van der Waals surface area contributed by atoms with Crippen molar-refractivity contribution in [2.24, 2.45) is 11.1 Å². The first-order valence-electron chi connectivity index (χ1n) is 11.0. The van der Waals surface area contributed by atoms with Gasteiger partial charge in [-0.2, -0.15) is 14.0 Å². The summed E-state index contributed by atoms with van der Waals surface area (Å²) in [6.45, 7) is 3.14. The van der Waals surface area contributed by atoms with E-state index < -0.39 is 52.8 Å². The number of nitrogens with zero attached hydrogens (tertiary/aromatic N) is 1. The molecule has 2 aromatic carbocycles. The van der Waals surface area contributed by atoms with E-state index in [-0.39, 0.29) is 40.5 Å². The lowest BCUT2D eigenvalue weighted by atomic mass is 9.70. The fraction of sp³-hybridized carbons (Fsp3) is 0.308. The van der Waals surface area contributed by atoms with Crippen LogP contribution in [0.1, 0.15) is 43.7 Å². The molecule has 0 aromatic heterocycles. The Hall–Kier alpha value is -4.07. The molecule has 0 bridgehead atoms. The van der Waals surface area contributed by atoms with E-state index in [4.69, 9.17) is 19.9 Å². The first kappa shape index (κ1) is 26.0. The third kappa shape index (κ3) is 4.48. The molecule has 0 spiro atoms. The van der Waals surface area contributed by atoms with Gasteiger partial charge in [-0.1, -0.05) is 19.9 Å². The first-order valence-corrected chi connectivity index (χ1v) is 11.0. The number of hydrogen-bond donors (Lipinski definition) is 1. The summed E-state index contributed by atoms with van der Waals surface area (Å²) < 4.78 is 84.6. The molecule has 0 saturated carbocycles. The van der Waals surface area contributed by atoms with Gasteiger partial charge in [0.1, 0.15) is 29.8 Å². The van der Waals surface area contributed by atoms with Crippen LogP contribution in [0.2, 0.25) is 0 Å².